The number of amidine groups is 1. The molecular formula is C19H25N3O8S. The molecule has 1 aromatic carbocycles. The molecule has 170 valence electrons. The summed E-state index contributed by atoms with van der Waals surface area (Å²) >= 11 is 0. The molecule has 3 saturated heterocycles. The largest absolute Gasteiger partial charge is 0.484 e. The molecule has 5 atom stereocenters. The zero-order valence-electron chi connectivity index (χ0n) is 17.5. The monoisotopic (exact) mass is 455 g/mol. The maximum Gasteiger partial charge on any atom is 0.344 e. The van der Waals surface area contributed by atoms with Gasteiger partial charge in [0.25, 0.3) is 0 Å². The van der Waals surface area contributed by atoms with Gasteiger partial charge in [-0.25, -0.2) is 0 Å². The number of hydrogen-bond acceptors (Lipinski definition) is 9. The van der Waals surface area contributed by atoms with E-state index in [1.54, 1.807) is 32.0 Å². The van der Waals surface area contributed by atoms with Crippen molar-refractivity contribution in [1.82, 2.24) is 0 Å². The summed E-state index contributed by atoms with van der Waals surface area (Å²) in [6.45, 7) is 7.56. The second kappa shape index (κ2) is 6.77. The van der Waals surface area contributed by atoms with E-state index in [1.807, 2.05) is 13.8 Å². The summed E-state index contributed by atoms with van der Waals surface area (Å²) in [5, 5.41) is 0. The van der Waals surface area contributed by atoms with Gasteiger partial charge in [0.15, 0.2) is 35.9 Å². The van der Waals surface area contributed by atoms with Crippen LogP contribution >= 0.6 is 0 Å². The van der Waals surface area contributed by atoms with Gasteiger partial charge in [-0.2, -0.15) is 8.42 Å². The minimum atomic E-state index is -3.90. The van der Waals surface area contributed by atoms with Gasteiger partial charge in [0.2, 0.25) is 0 Å². The van der Waals surface area contributed by atoms with E-state index in [4.69, 9.17) is 34.2 Å². The standard InChI is InChI=1S/C19H25N3O8S/c1-18(2)25-8-11(28-18)13-14(15-17(27-13)30-19(3,4)29-15)26-10-7-5-6-9-12(10)16(20)22-31(23,24)21-9/h5-7,11,13-15,17,21H,8H2,1-4H3,(H2,20,22). The quantitative estimate of drug-likeness (QED) is 0.678. The van der Waals surface area contributed by atoms with Crippen LogP contribution in [0.4, 0.5) is 5.69 Å². The molecule has 4 aliphatic rings. The molecule has 3 N–H and O–H groups in total. The predicted molar refractivity (Wildman–Crippen MR) is 108 cm³/mol. The Morgan fingerprint density at radius 2 is 1.90 bits per heavy atom. The Balaban J connectivity index is 1.49. The van der Waals surface area contributed by atoms with E-state index in [2.05, 4.69) is 9.12 Å². The van der Waals surface area contributed by atoms with Crippen LogP contribution < -0.4 is 15.2 Å². The smallest absolute Gasteiger partial charge is 0.344 e. The van der Waals surface area contributed by atoms with Gasteiger partial charge in [0.1, 0.15) is 18.0 Å². The third-order valence-electron chi connectivity index (χ3n) is 5.43. The lowest BCUT2D eigenvalue weighted by Gasteiger charge is -2.30. The van der Waals surface area contributed by atoms with E-state index in [0.29, 0.717) is 17.9 Å². The number of nitrogens with zero attached hydrogens (tertiary/aromatic N) is 1. The number of fused-ring (bicyclic) bond motifs is 2. The molecule has 3 fully saturated rings. The highest BCUT2D eigenvalue weighted by Gasteiger charge is 2.59. The molecular weight excluding hydrogens is 430 g/mol. The van der Waals surface area contributed by atoms with Crippen molar-refractivity contribution in [2.75, 3.05) is 11.3 Å². The zero-order valence-corrected chi connectivity index (χ0v) is 18.3. The first-order valence-corrected chi connectivity index (χ1v) is 11.4. The van der Waals surface area contributed by atoms with Gasteiger partial charge in [-0.1, -0.05) is 6.07 Å². The van der Waals surface area contributed by atoms with Crippen molar-refractivity contribution < 1.29 is 36.8 Å². The maximum absolute atomic E-state index is 11.9. The van der Waals surface area contributed by atoms with E-state index in [0.717, 1.165) is 0 Å². The first-order chi connectivity index (χ1) is 14.4. The number of rotatable bonds is 3. The Labute approximate surface area is 180 Å². The molecule has 0 amide bonds. The van der Waals surface area contributed by atoms with Crippen LogP contribution in [-0.4, -0.2) is 63.1 Å². The van der Waals surface area contributed by atoms with Crippen molar-refractivity contribution in [3.05, 3.63) is 23.8 Å². The Kier molecular flexibility index (Phi) is 4.57. The molecule has 4 heterocycles. The fourth-order valence-electron chi connectivity index (χ4n) is 4.28. The molecule has 0 aromatic heterocycles. The van der Waals surface area contributed by atoms with Gasteiger partial charge in [-0.05, 0) is 39.8 Å². The topological polar surface area (TPSA) is 140 Å². The number of nitrogens with two attached hydrogens (primary N) is 1. The summed E-state index contributed by atoms with van der Waals surface area (Å²) < 4.78 is 65.8. The summed E-state index contributed by atoms with van der Waals surface area (Å²) in [6.07, 6.45) is -2.79. The zero-order chi connectivity index (χ0) is 22.2. The van der Waals surface area contributed by atoms with Crippen molar-refractivity contribution in [2.24, 2.45) is 10.1 Å². The van der Waals surface area contributed by atoms with Gasteiger partial charge < -0.3 is 34.2 Å². The Morgan fingerprint density at radius 3 is 2.61 bits per heavy atom. The number of ether oxygens (including phenoxy) is 6. The average molecular weight is 455 g/mol. The Hall–Kier alpha value is -1.96. The summed E-state index contributed by atoms with van der Waals surface area (Å²) in [7, 11) is -3.90. The molecule has 12 heteroatoms. The first kappa shape index (κ1) is 20.9. The first-order valence-electron chi connectivity index (χ1n) is 9.94. The lowest BCUT2D eigenvalue weighted by Crippen LogP contribution is -2.46. The van der Waals surface area contributed by atoms with Crippen molar-refractivity contribution in [3.63, 3.8) is 0 Å². The van der Waals surface area contributed by atoms with Crippen LogP contribution in [0.2, 0.25) is 0 Å². The molecule has 5 rings (SSSR count). The highest BCUT2D eigenvalue weighted by molar-refractivity contribution is 7.91. The van der Waals surface area contributed by atoms with Gasteiger partial charge in [-0.15, -0.1) is 4.40 Å². The SMILES string of the molecule is CC1(C)OCC(C2OC3OC(C)(C)OC3C2Oc2cccc3c2C(N)=NS(=O)(=O)N3)O1. The van der Waals surface area contributed by atoms with Crippen LogP contribution in [0.25, 0.3) is 0 Å². The molecule has 0 saturated carbocycles. The number of nitrogens with one attached hydrogen (secondary N) is 1. The van der Waals surface area contributed by atoms with Gasteiger partial charge >= 0.3 is 10.2 Å². The van der Waals surface area contributed by atoms with E-state index < -0.39 is 52.5 Å². The van der Waals surface area contributed by atoms with Crippen LogP contribution in [0.5, 0.6) is 5.75 Å². The molecule has 31 heavy (non-hydrogen) atoms. The number of anilines is 1. The Bertz CT molecular complexity index is 1040. The van der Waals surface area contributed by atoms with Crippen molar-refractivity contribution in [3.8, 4) is 5.75 Å². The van der Waals surface area contributed by atoms with Crippen LogP contribution in [0.1, 0.15) is 33.3 Å². The number of benzene rings is 1. The third kappa shape index (κ3) is 3.77. The van der Waals surface area contributed by atoms with Crippen LogP contribution in [0.3, 0.4) is 0 Å². The van der Waals surface area contributed by atoms with Crippen molar-refractivity contribution >= 4 is 21.7 Å². The van der Waals surface area contributed by atoms with Crippen LogP contribution in [0, 0.1) is 0 Å². The Morgan fingerprint density at radius 1 is 1.13 bits per heavy atom. The highest BCUT2D eigenvalue weighted by Crippen LogP contribution is 2.43. The molecule has 1 aromatic rings. The predicted octanol–water partition coefficient (Wildman–Crippen LogP) is 0.838. The molecule has 11 nitrogen and oxygen atoms in total. The van der Waals surface area contributed by atoms with Crippen LogP contribution in [-0.2, 0) is 33.9 Å². The fraction of sp³-hybridized carbons (Fsp3) is 0.632. The van der Waals surface area contributed by atoms with E-state index in [-0.39, 0.29) is 11.5 Å². The molecule has 0 radical (unpaired) electrons. The lowest BCUT2D eigenvalue weighted by molar-refractivity contribution is -0.230. The summed E-state index contributed by atoms with van der Waals surface area (Å²) in [6, 6.07) is 4.93. The minimum Gasteiger partial charge on any atom is -0.484 e. The van der Waals surface area contributed by atoms with E-state index >= 15 is 0 Å². The van der Waals surface area contributed by atoms with E-state index in [9.17, 15) is 8.42 Å². The minimum absolute atomic E-state index is 0.165. The maximum atomic E-state index is 11.9. The van der Waals surface area contributed by atoms with Gasteiger partial charge in [0, 0.05) is 0 Å². The van der Waals surface area contributed by atoms with Gasteiger partial charge in [-0.3, -0.25) is 4.72 Å². The van der Waals surface area contributed by atoms with Crippen molar-refractivity contribution in [2.45, 2.75) is 70.0 Å². The summed E-state index contributed by atoms with van der Waals surface area (Å²) in [4.78, 5) is 0. The average Bonchev–Trinajstić information content (AvgIpc) is 3.23. The summed E-state index contributed by atoms with van der Waals surface area (Å²) in [5.41, 5.74) is 6.59. The molecule has 0 aliphatic carbocycles. The second-order valence-corrected chi connectivity index (χ2v) is 10.1. The molecule has 5 unspecified atom stereocenters. The van der Waals surface area contributed by atoms with Crippen LogP contribution in [0.15, 0.2) is 22.6 Å². The van der Waals surface area contributed by atoms with Crippen molar-refractivity contribution in [1.29, 1.82) is 0 Å². The molecule has 4 aliphatic heterocycles. The van der Waals surface area contributed by atoms with Gasteiger partial charge in [0.05, 0.1) is 17.9 Å². The third-order valence-corrected chi connectivity index (χ3v) is 6.34. The fourth-order valence-corrected chi connectivity index (χ4v) is 5.12. The highest BCUT2D eigenvalue weighted by atomic mass is 32.2. The molecule has 0 bridgehead atoms. The summed E-state index contributed by atoms with van der Waals surface area (Å²) in [5.74, 6) is -1.42. The molecule has 0 spiro atoms. The second-order valence-electron chi connectivity index (χ2n) is 8.75. The number of hydrogen-bond donors (Lipinski definition) is 2. The van der Waals surface area contributed by atoms with E-state index in [1.165, 1.54) is 0 Å². The lowest BCUT2D eigenvalue weighted by atomic mass is 10.0. The normalized spacial score (nSPS) is 36.9.